The second kappa shape index (κ2) is 31.9. The maximum absolute atomic E-state index is 13.3. The molecule has 6 aromatic carbocycles. The molecule has 0 fully saturated rings. The van der Waals surface area contributed by atoms with E-state index in [9.17, 15) is 28.0 Å². The zero-order valence-corrected chi connectivity index (χ0v) is 48.8. The van der Waals surface area contributed by atoms with Crippen molar-refractivity contribution in [3.63, 3.8) is 0 Å². The van der Waals surface area contributed by atoms with E-state index < -0.39 is 12.1 Å². The van der Waals surface area contributed by atoms with Crippen molar-refractivity contribution in [1.82, 2.24) is 10.2 Å². The molecule has 0 aliphatic carbocycles. The van der Waals surface area contributed by atoms with E-state index >= 15 is 0 Å². The Morgan fingerprint density at radius 3 is 1.59 bits per heavy atom. The normalized spacial score (nSPS) is 13.7. The van der Waals surface area contributed by atoms with Gasteiger partial charge in [-0.1, -0.05) is 24.3 Å². The van der Waals surface area contributed by atoms with Crippen LogP contribution in [0.5, 0.6) is 46.0 Å². The Bertz CT molecular complexity index is 3120. The number of hydrogen-bond donors (Lipinski definition) is 4. The topological polar surface area (TPSA) is 234 Å². The van der Waals surface area contributed by atoms with Gasteiger partial charge in [0, 0.05) is 92.5 Å². The smallest absolute Gasteiger partial charge is 0.326 e. The average molecular weight is 1280 g/mol. The Labute approximate surface area is 481 Å². The van der Waals surface area contributed by atoms with Gasteiger partial charge >= 0.3 is 6.03 Å². The molecule has 2 atom stereocenters. The number of ether oxygens (including phenoxy) is 8. The maximum Gasteiger partial charge on any atom is 0.326 e. The van der Waals surface area contributed by atoms with E-state index in [0.29, 0.717) is 89.7 Å². The Morgan fingerprint density at radius 1 is 0.595 bits per heavy atom. The molecule has 0 saturated carbocycles. The van der Waals surface area contributed by atoms with Crippen molar-refractivity contribution in [2.45, 2.75) is 24.9 Å². The monoisotopic (exact) mass is 1280 g/mol. The van der Waals surface area contributed by atoms with Crippen molar-refractivity contribution in [1.29, 1.82) is 0 Å². The number of carbonyl (C=O) groups excluding carboxylic acids is 4. The number of carbonyl (C=O) groups is 3. The SMILES string of the molecule is COc1cc(Br)c(N=C=O)cc1OC.COc1cc(Br)c(NC(=O)N2C=CC(=O)C[C@H]2c2ccc(F)cc2)cc1OC.COc1cc(N)c(Br)cc1OC.COc1ccc(N)cc1OC.O=C1C=CN[C@H](c2ccc(F)cc2)C1. The minimum absolute atomic E-state index is 0.0203. The molecule has 18 nitrogen and oxygen atoms in total. The number of aliphatic imine (C=N–C) groups is 1. The number of nitrogens with zero attached hydrogens (tertiary/aromatic N) is 2. The van der Waals surface area contributed by atoms with E-state index in [1.807, 2.05) is 0 Å². The lowest BCUT2D eigenvalue weighted by atomic mass is 9.97. The van der Waals surface area contributed by atoms with E-state index in [4.69, 9.17) is 49.4 Å². The minimum Gasteiger partial charge on any atom is -0.493 e. The number of nitrogens with two attached hydrogens (primary N) is 2. The van der Waals surface area contributed by atoms with Gasteiger partial charge in [-0.3, -0.25) is 14.5 Å². The summed E-state index contributed by atoms with van der Waals surface area (Å²) in [5.41, 5.74) is 15.0. The largest absolute Gasteiger partial charge is 0.493 e. The zero-order chi connectivity index (χ0) is 58.2. The predicted molar refractivity (Wildman–Crippen MR) is 308 cm³/mol. The van der Waals surface area contributed by atoms with Crippen LogP contribution in [0.4, 0.5) is 36.3 Å². The van der Waals surface area contributed by atoms with E-state index in [-0.39, 0.29) is 35.7 Å². The molecule has 8 rings (SSSR count). The van der Waals surface area contributed by atoms with Crippen LogP contribution in [0.1, 0.15) is 36.1 Å². The number of benzene rings is 6. The summed E-state index contributed by atoms with van der Waals surface area (Å²) in [6.07, 6.45) is 7.95. The number of isocyanates is 1. The molecule has 0 bridgehead atoms. The molecule has 2 amide bonds. The molecule has 2 aliphatic rings. The average Bonchev–Trinajstić information content (AvgIpc) is 3.49. The Kier molecular flexibility index (Phi) is 25.6. The number of methoxy groups -OCH3 is 8. The van der Waals surface area contributed by atoms with Gasteiger partial charge in [-0.2, -0.15) is 4.99 Å². The van der Waals surface area contributed by atoms with Gasteiger partial charge < -0.3 is 60.0 Å². The number of urea groups is 1. The molecule has 0 aromatic heterocycles. The summed E-state index contributed by atoms with van der Waals surface area (Å²) in [5.74, 6) is 4.07. The number of nitrogen functional groups attached to an aromatic ring is 2. The van der Waals surface area contributed by atoms with Gasteiger partial charge in [-0.05, 0) is 107 Å². The van der Waals surface area contributed by atoms with Gasteiger partial charge in [0.05, 0.1) is 80.3 Å². The van der Waals surface area contributed by atoms with Gasteiger partial charge in [-0.15, -0.1) is 0 Å². The number of hydrogen-bond acceptors (Lipinski definition) is 16. The second-order valence-electron chi connectivity index (χ2n) is 16.1. The maximum atomic E-state index is 13.3. The lowest BCUT2D eigenvalue weighted by Gasteiger charge is -2.31. The number of halogens is 5. The lowest BCUT2D eigenvalue weighted by molar-refractivity contribution is -0.116. The third kappa shape index (κ3) is 18.8. The van der Waals surface area contributed by atoms with Crippen molar-refractivity contribution >= 4 is 94.2 Å². The summed E-state index contributed by atoms with van der Waals surface area (Å²) in [7, 11) is 12.4. The fraction of sp³-hybridized carbons (Fsp3) is 0.214. The van der Waals surface area contributed by atoms with Crippen LogP contribution in [0.25, 0.3) is 0 Å². The van der Waals surface area contributed by atoms with Gasteiger partial charge in [0.1, 0.15) is 11.6 Å². The molecule has 2 aliphatic heterocycles. The van der Waals surface area contributed by atoms with Gasteiger partial charge in [0.2, 0.25) is 6.08 Å². The minimum atomic E-state index is -0.531. The first-order valence-corrected chi connectivity index (χ1v) is 25.6. The predicted octanol–water partition coefficient (Wildman–Crippen LogP) is 12.4. The molecular formula is C56H57Br3F2N6O12. The summed E-state index contributed by atoms with van der Waals surface area (Å²) in [5, 5.41) is 5.86. The van der Waals surface area contributed by atoms with Crippen molar-refractivity contribution < 1.29 is 65.9 Å². The van der Waals surface area contributed by atoms with Crippen molar-refractivity contribution in [3.05, 3.63) is 164 Å². The molecule has 2 heterocycles. The van der Waals surface area contributed by atoms with E-state index in [1.54, 1.807) is 114 Å². The molecule has 0 unspecified atom stereocenters. The van der Waals surface area contributed by atoms with Crippen molar-refractivity contribution in [2.24, 2.45) is 4.99 Å². The summed E-state index contributed by atoms with van der Waals surface area (Å²) >= 11 is 9.93. The quantitative estimate of drug-likeness (QED) is 0.0507. The van der Waals surface area contributed by atoms with Crippen LogP contribution in [0.2, 0.25) is 0 Å². The molecule has 79 heavy (non-hydrogen) atoms. The Morgan fingerprint density at radius 2 is 1.06 bits per heavy atom. The first-order chi connectivity index (χ1) is 37.9. The number of anilines is 3. The number of nitrogens with one attached hydrogen (secondary N) is 2. The second-order valence-corrected chi connectivity index (χ2v) is 18.6. The highest BCUT2D eigenvalue weighted by atomic mass is 79.9. The van der Waals surface area contributed by atoms with Crippen LogP contribution >= 0.6 is 47.8 Å². The van der Waals surface area contributed by atoms with Crippen LogP contribution in [0, 0.1) is 11.6 Å². The summed E-state index contributed by atoms with van der Waals surface area (Å²) in [6.45, 7) is 0. The zero-order valence-electron chi connectivity index (χ0n) is 44.0. The molecule has 0 spiro atoms. The first kappa shape index (κ1) is 63.4. The fourth-order valence-corrected chi connectivity index (χ4v) is 8.28. The van der Waals surface area contributed by atoms with Crippen LogP contribution in [0.15, 0.2) is 146 Å². The van der Waals surface area contributed by atoms with Crippen molar-refractivity contribution in [3.8, 4) is 46.0 Å². The highest BCUT2D eigenvalue weighted by Crippen LogP contribution is 2.39. The number of ketones is 2. The highest BCUT2D eigenvalue weighted by molar-refractivity contribution is 9.11. The van der Waals surface area contributed by atoms with Crippen LogP contribution in [-0.2, 0) is 14.4 Å². The summed E-state index contributed by atoms with van der Waals surface area (Å²) < 4.78 is 68.7. The number of amides is 2. The molecule has 23 heteroatoms. The van der Waals surface area contributed by atoms with E-state index in [1.165, 1.54) is 82.0 Å². The third-order valence-electron chi connectivity index (χ3n) is 11.1. The molecular weight excluding hydrogens is 1230 g/mol. The standard InChI is InChI=1S/C20H18BrFN2O4.C11H10FNO.C9H8BrNO3.C8H10BrNO2.C8H11NO2/c1-27-18-10-15(21)16(11-19(18)28-2)23-20(26)24-8-7-14(25)9-17(24)12-3-5-13(22)6-4-12;12-9-3-1-8(2-4-9)11-7-10(14)5-6-13-11;1-13-8-3-6(10)7(11-5-12)4-9(8)14-2;1-11-7-3-5(9)6(10)4-8(7)12-2;1-10-7-4-3-6(9)5-8(7)11-2/h3-8,10-11,17H,9H2,1-2H3,(H,23,26);1-6,11,13H,7H2;3-4H,1-2H3;3-4H,10H2,1-2H3;3-5H,9H2,1-2H3/t17-;11-;;;/m00.../s1. The first-order valence-electron chi connectivity index (χ1n) is 23.2. The van der Waals surface area contributed by atoms with Crippen molar-refractivity contribution in [2.75, 3.05) is 73.7 Å². The van der Waals surface area contributed by atoms with Crippen LogP contribution < -0.4 is 60.0 Å². The van der Waals surface area contributed by atoms with Gasteiger partial charge in [0.25, 0.3) is 0 Å². The third-order valence-corrected chi connectivity index (χ3v) is 13.1. The molecule has 418 valence electrons. The van der Waals surface area contributed by atoms with Gasteiger partial charge in [0.15, 0.2) is 57.6 Å². The van der Waals surface area contributed by atoms with Gasteiger partial charge in [-0.25, -0.2) is 18.4 Å². The Hall–Kier alpha value is -8.11. The van der Waals surface area contributed by atoms with Crippen LogP contribution in [-0.4, -0.2) is 85.5 Å². The lowest BCUT2D eigenvalue weighted by Crippen LogP contribution is -2.37. The molecule has 6 N–H and O–H groups in total. The fourth-order valence-electron chi connectivity index (χ4n) is 7.12. The van der Waals surface area contributed by atoms with E-state index in [2.05, 4.69) is 63.4 Å². The summed E-state index contributed by atoms with van der Waals surface area (Å²) in [6, 6.07) is 26.3. The Balaban J connectivity index is 0.000000226. The summed E-state index contributed by atoms with van der Waals surface area (Å²) in [4.78, 5) is 50.9. The number of allylic oxidation sites excluding steroid dienone is 2. The molecule has 6 aromatic rings. The molecule has 0 saturated heterocycles. The highest BCUT2D eigenvalue weighted by Gasteiger charge is 2.29. The van der Waals surface area contributed by atoms with E-state index in [0.717, 1.165) is 10.0 Å². The molecule has 0 radical (unpaired) electrons. The number of rotatable bonds is 12. The van der Waals surface area contributed by atoms with Crippen LogP contribution in [0.3, 0.4) is 0 Å².